The molecule has 4 rings (SSSR count). The molecule has 0 bridgehead atoms. The minimum atomic E-state index is -1.28. The van der Waals surface area contributed by atoms with Gasteiger partial charge in [0, 0.05) is 5.02 Å². The second kappa shape index (κ2) is 9.44. The number of rotatable bonds is 7. The molecule has 3 N–H and O–H groups in total. The Hall–Kier alpha value is -1.32. The van der Waals surface area contributed by atoms with Crippen LogP contribution in [0.4, 0.5) is 0 Å². The molecule has 2 fully saturated rings. The highest BCUT2D eigenvalue weighted by Gasteiger charge is 2.44. The van der Waals surface area contributed by atoms with Crippen LogP contribution in [-0.4, -0.2) is 64.6 Å². The summed E-state index contributed by atoms with van der Waals surface area (Å²) in [6, 6.07) is 13.2. The third kappa shape index (κ3) is 4.94. The molecule has 0 radical (unpaired) electrons. The Labute approximate surface area is 184 Å². The van der Waals surface area contributed by atoms with E-state index in [1.165, 1.54) is 11.8 Å². The van der Waals surface area contributed by atoms with Gasteiger partial charge in [0.25, 0.3) is 0 Å². The first-order chi connectivity index (χ1) is 14.5. The molecule has 2 heterocycles. The van der Waals surface area contributed by atoms with Crippen molar-refractivity contribution < 1.29 is 29.5 Å². The van der Waals surface area contributed by atoms with E-state index in [1.54, 1.807) is 18.4 Å². The third-order valence-electron chi connectivity index (χ3n) is 5.36. The minimum Gasteiger partial charge on any atom is -0.491 e. The van der Waals surface area contributed by atoms with E-state index in [1.807, 2.05) is 30.3 Å². The number of hydrogen-bond acceptors (Lipinski definition) is 7. The molecule has 30 heavy (non-hydrogen) atoms. The van der Waals surface area contributed by atoms with Gasteiger partial charge in [-0.3, -0.25) is 0 Å². The number of ether oxygens (including phenoxy) is 3. The molecule has 0 amide bonds. The normalized spacial score (nSPS) is 30.8. The smallest absolute Gasteiger partial charge is 0.132 e. The lowest BCUT2D eigenvalue weighted by molar-refractivity contribution is -0.200. The molecule has 162 valence electrons. The molecule has 2 aromatic rings. The largest absolute Gasteiger partial charge is 0.491 e. The predicted molar refractivity (Wildman–Crippen MR) is 115 cm³/mol. The highest BCUT2D eigenvalue weighted by atomic mass is 35.5. The summed E-state index contributed by atoms with van der Waals surface area (Å²) in [5.74, 6) is 0.795. The maximum atomic E-state index is 10.4. The highest BCUT2D eigenvalue weighted by Crippen LogP contribution is 2.37. The summed E-state index contributed by atoms with van der Waals surface area (Å²) in [5, 5.41) is 31.3. The van der Waals surface area contributed by atoms with E-state index in [0.29, 0.717) is 23.6 Å². The summed E-state index contributed by atoms with van der Waals surface area (Å²) in [5.41, 5.74) is 2.02. The van der Waals surface area contributed by atoms with Gasteiger partial charge >= 0.3 is 0 Å². The quantitative estimate of drug-likeness (QED) is 0.556. The number of epoxide rings is 1. The Morgan fingerprint density at radius 3 is 2.47 bits per heavy atom. The first-order valence-corrected chi connectivity index (χ1v) is 11.5. The van der Waals surface area contributed by atoms with Crippen LogP contribution in [0.1, 0.15) is 22.8 Å². The molecule has 2 aromatic carbocycles. The van der Waals surface area contributed by atoms with Gasteiger partial charge in [0.15, 0.2) is 0 Å². The van der Waals surface area contributed by atoms with Crippen LogP contribution in [0, 0.1) is 0 Å². The fourth-order valence-corrected chi connectivity index (χ4v) is 4.36. The summed E-state index contributed by atoms with van der Waals surface area (Å²) in [6.07, 6.45) is -1.82. The number of aliphatic hydroxyl groups excluding tert-OH is 3. The number of halogens is 1. The van der Waals surface area contributed by atoms with Gasteiger partial charge in [0.1, 0.15) is 48.3 Å². The highest BCUT2D eigenvalue weighted by molar-refractivity contribution is 7.99. The van der Waals surface area contributed by atoms with Crippen molar-refractivity contribution in [3.8, 4) is 5.75 Å². The molecule has 0 aromatic heterocycles. The first kappa shape index (κ1) is 21.9. The van der Waals surface area contributed by atoms with Gasteiger partial charge in [0.2, 0.25) is 0 Å². The summed E-state index contributed by atoms with van der Waals surface area (Å²) in [6.45, 7) is 1.33. The van der Waals surface area contributed by atoms with Gasteiger partial charge in [-0.1, -0.05) is 35.9 Å². The van der Waals surface area contributed by atoms with Crippen molar-refractivity contribution in [2.24, 2.45) is 0 Å². The number of hydrogen-bond donors (Lipinski definition) is 3. The maximum absolute atomic E-state index is 10.4. The average Bonchev–Trinajstić information content (AvgIpc) is 3.58. The lowest BCUT2D eigenvalue weighted by atomic mass is 9.92. The van der Waals surface area contributed by atoms with Crippen molar-refractivity contribution in [1.82, 2.24) is 0 Å². The van der Waals surface area contributed by atoms with Gasteiger partial charge in [-0.25, -0.2) is 0 Å². The van der Waals surface area contributed by atoms with Crippen molar-refractivity contribution in [1.29, 1.82) is 0 Å². The summed E-state index contributed by atoms with van der Waals surface area (Å²) >= 11 is 7.71. The third-order valence-corrected chi connectivity index (χ3v) is 6.58. The van der Waals surface area contributed by atoms with E-state index in [0.717, 1.165) is 23.5 Å². The van der Waals surface area contributed by atoms with E-state index in [2.05, 4.69) is 0 Å². The molecule has 2 saturated heterocycles. The van der Waals surface area contributed by atoms with Gasteiger partial charge in [-0.2, -0.15) is 0 Å². The molecule has 0 spiro atoms. The molecular weight excluding hydrogens is 428 g/mol. The average molecular weight is 453 g/mol. The van der Waals surface area contributed by atoms with E-state index in [-0.39, 0.29) is 6.10 Å². The van der Waals surface area contributed by atoms with Gasteiger partial charge in [-0.05, 0) is 47.6 Å². The van der Waals surface area contributed by atoms with Crippen molar-refractivity contribution in [3.63, 3.8) is 0 Å². The van der Waals surface area contributed by atoms with Crippen molar-refractivity contribution >= 4 is 23.4 Å². The van der Waals surface area contributed by atoms with Crippen LogP contribution in [0.2, 0.25) is 5.02 Å². The summed E-state index contributed by atoms with van der Waals surface area (Å²) < 4.78 is 16.7. The SMILES string of the molecule is CS[C@H]1O[C@@H](c2ccc(Cl)c(Cc3ccc(OC[C@H]4CO4)cc3)c2)[C@H](O)[C@@H](O)[C@@H]1O. The zero-order valence-electron chi connectivity index (χ0n) is 16.5. The van der Waals surface area contributed by atoms with Crippen LogP contribution in [0.3, 0.4) is 0 Å². The molecule has 6 nitrogen and oxygen atoms in total. The van der Waals surface area contributed by atoms with E-state index < -0.39 is 29.9 Å². The van der Waals surface area contributed by atoms with Crippen molar-refractivity contribution in [2.45, 2.75) is 42.4 Å². The zero-order chi connectivity index (χ0) is 21.3. The fraction of sp³-hybridized carbons (Fsp3) is 0.455. The van der Waals surface area contributed by atoms with E-state index >= 15 is 0 Å². The standard InChI is InChI=1S/C22H25ClO6S/c1-30-22-20(26)18(24)19(25)21(29-22)13-4-7-17(23)14(9-13)8-12-2-5-15(6-3-12)27-10-16-11-28-16/h2-7,9,16,18-22,24-26H,8,10-11H2,1H3/t16-,18+,19+,20-,21-,22+/m0/s1. The Kier molecular flexibility index (Phi) is 6.89. The zero-order valence-corrected chi connectivity index (χ0v) is 18.1. The first-order valence-electron chi connectivity index (χ1n) is 9.80. The molecule has 0 aliphatic carbocycles. The van der Waals surface area contributed by atoms with Crippen molar-refractivity contribution in [2.75, 3.05) is 19.5 Å². The second-order valence-corrected chi connectivity index (χ2v) is 8.91. The maximum Gasteiger partial charge on any atom is 0.132 e. The van der Waals surface area contributed by atoms with E-state index in [9.17, 15) is 15.3 Å². The van der Waals surface area contributed by atoms with Crippen LogP contribution in [0.5, 0.6) is 5.75 Å². The van der Waals surface area contributed by atoms with Crippen molar-refractivity contribution in [3.05, 3.63) is 64.2 Å². The number of benzene rings is 2. The van der Waals surface area contributed by atoms with Gasteiger partial charge < -0.3 is 29.5 Å². The van der Waals surface area contributed by atoms with Crippen LogP contribution in [0.15, 0.2) is 42.5 Å². The monoisotopic (exact) mass is 452 g/mol. The summed E-state index contributed by atoms with van der Waals surface area (Å²) in [7, 11) is 0. The topological polar surface area (TPSA) is 91.7 Å². The fourth-order valence-electron chi connectivity index (χ4n) is 3.50. The van der Waals surface area contributed by atoms with Crippen LogP contribution in [-0.2, 0) is 15.9 Å². The summed E-state index contributed by atoms with van der Waals surface area (Å²) in [4.78, 5) is 0. The molecule has 2 aliphatic rings. The molecule has 8 heteroatoms. The van der Waals surface area contributed by atoms with Gasteiger partial charge in [0.05, 0.1) is 6.61 Å². The number of thioether (sulfide) groups is 1. The Bertz CT molecular complexity index is 857. The lowest BCUT2D eigenvalue weighted by Gasteiger charge is -2.40. The van der Waals surface area contributed by atoms with Crippen LogP contribution < -0.4 is 4.74 Å². The molecular formula is C22H25ClO6S. The second-order valence-electron chi connectivity index (χ2n) is 7.57. The Balaban J connectivity index is 1.48. The molecule has 2 aliphatic heterocycles. The predicted octanol–water partition coefficient (Wildman–Crippen LogP) is 2.55. The molecule has 6 atom stereocenters. The Morgan fingerprint density at radius 1 is 1.07 bits per heavy atom. The minimum absolute atomic E-state index is 0.217. The number of aliphatic hydroxyl groups is 3. The van der Waals surface area contributed by atoms with Crippen LogP contribution in [0.25, 0.3) is 0 Å². The lowest BCUT2D eigenvalue weighted by Crippen LogP contribution is -2.52. The van der Waals surface area contributed by atoms with Crippen LogP contribution >= 0.6 is 23.4 Å². The van der Waals surface area contributed by atoms with Gasteiger partial charge in [-0.15, -0.1) is 11.8 Å². The molecule has 0 saturated carbocycles. The van der Waals surface area contributed by atoms with E-state index in [4.69, 9.17) is 25.8 Å². The Morgan fingerprint density at radius 2 is 1.80 bits per heavy atom. The molecule has 0 unspecified atom stereocenters.